The van der Waals surface area contributed by atoms with Crippen molar-refractivity contribution in [3.8, 4) is 11.5 Å². The highest BCUT2D eigenvalue weighted by Crippen LogP contribution is 2.51. The van der Waals surface area contributed by atoms with Crippen molar-refractivity contribution in [1.82, 2.24) is 21.3 Å². The Morgan fingerprint density at radius 2 is 1.21 bits per heavy atom. The Morgan fingerprint density at radius 3 is 1.64 bits per heavy atom. The number of para-hydroxylation sites is 2. The maximum atomic E-state index is 13.6. The first-order chi connectivity index (χ1) is 15.9. The van der Waals surface area contributed by atoms with E-state index >= 15 is 0 Å². The van der Waals surface area contributed by atoms with Crippen LogP contribution in [0.25, 0.3) is 0 Å². The second kappa shape index (κ2) is 9.07. The van der Waals surface area contributed by atoms with E-state index in [1.54, 1.807) is 48.5 Å². The number of carbonyl (C=O) groups is 3. The molecule has 0 saturated carbocycles. The molecule has 1 spiro atoms. The number of carbonyl (C=O) groups excluding carboxylic acids is 3. The molecule has 2 heterocycles. The molecule has 33 heavy (non-hydrogen) atoms. The molecule has 0 unspecified atom stereocenters. The van der Waals surface area contributed by atoms with Crippen molar-refractivity contribution in [3.63, 3.8) is 0 Å². The smallest absolute Gasteiger partial charge is 0.328 e. The van der Waals surface area contributed by atoms with E-state index in [2.05, 4.69) is 21.3 Å². The summed E-state index contributed by atoms with van der Waals surface area (Å²) in [5, 5.41) is 11.0. The molecule has 0 radical (unpaired) electrons. The first-order valence-electron chi connectivity index (χ1n) is 10.6. The van der Waals surface area contributed by atoms with Crippen LogP contribution in [0.5, 0.6) is 11.5 Å². The van der Waals surface area contributed by atoms with E-state index in [0.29, 0.717) is 35.8 Å². The van der Waals surface area contributed by atoms with E-state index in [4.69, 9.17) is 21.7 Å². The van der Waals surface area contributed by atoms with Gasteiger partial charge in [-0.25, -0.2) is 4.79 Å². The molecule has 2 atom stereocenters. The average molecular weight is 469 g/mol. The van der Waals surface area contributed by atoms with Gasteiger partial charge in [0.25, 0.3) is 0 Å². The lowest BCUT2D eigenvalue weighted by molar-refractivity contribution is -0.149. The van der Waals surface area contributed by atoms with E-state index in [1.807, 2.05) is 13.8 Å². The largest absolute Gasteiger partial charge is 0.494 e. The predicted octanol–water partition coefficient (Wildman–Crippen LogP) is 2.10. The molecule has 172 valence electrons. The summed E-state index contributed by atoms with van der Waals surface area (Å²) in [4.78, 5) is 39.2. The number of thiocarbonyl (C=S) groups is 1. The van der Waals surface area contributed by atoms with Crippen LogP contribution >= 0.6 is 12.2 Å². The lowest BCUT2D eigenvalue weighted by Crippen LogP contribution is -2.73. The first kappa shape index (κ1) is 22.5. The molecule has 4 amide bonds. The van der Waals surface area contributed by atoms with Crippen LogP contribution in [0.3, 0.4) is 0 Å². The molecule has 2 aliphatic rings. The third-order valence-corrected chi connectivity index (χ3v) is 5.96. The number of rotatable bonds is 6. The number of imide groups is 2. The van der Waals surface area contributed by atoms with Crippen LogP contribution in [-0.4, -0.2) is 36.2 Å². The summed E-state index contributed by atoms with van der Waals surface area (Å²) in [6.45, 7) is 4.44. The molecule has 0 aromatic heterocycles. The summed E-state index contributed by atoms with van der Waals surface area (Å²) in [5.74, 6) is -0.524. The Balaban J connectivity index is 1.98. The Bertz CT molecular complexity index is 1040. The van der Waals surface area contributed by atoms with Gasteiger partial charge in [0, 0.05) is 11.1 Å². The molecule has 2 aromatic rings. The standard InChI is InChI=1S/C23H24N4O5S/c1-3-31-15-11-7-5-9-13(15)17-23(19(28)26-21(30)27-20(23)29)18(25-22(33)24-17)14-10-6-8-12-16(14)32-4-2/h5-12,17-18H,3-4H2,1-2H3,(H2,24,25,33)(H2,26,27,28,29,30)/t17-,18+. The quantitative estimate of drug-likeness (QED) is 0.376. The molecule has 0 aliphatic carbocycles. The molecule has 2 aromatic carbocycles. The van der Waals surface area contributed by atoms with Crippen molar-refractivity contribution in [2.24, 2.45) is 5.41 Å². The highest BCUT2D eigenvalue weighted by molar-refractivity contribution is 7.80. The van der Waals surface area contributed by atoms with Crippen molar-refractivity contribution in [2.75, 3.05) is 13.2 Å². The average Bonchev–Trinajstić information content (AvgIpc) is 2.79. The number of hydrogen-bond donors (Lipinski definition) is 4. The van der Waals surface area contributed by atoms with Gasteiger partial charge in [-0.1, -0.05) is 36.4 Å². The van der Waals surface area contributed by atoms with Crippen LogP contribution in [0.2, 0.25) is 0 Å². The Kier molecular flexibility index (Phi) is 6.19. The number of barbiturate groups is 1. The van der Waals surface area contributed by atoms with Crippen LogP contribution in [0.4, 0.5) is 4.79 Å². The molecule has 2 saturated heterocycles. The van der Waals surface area contributed by atoms with E-state index in [0.717, 1.165) is 0 Å². The maximum Gasteiger partial charge on any atom is 0.328 e. The molecule has 4 rings (SSSR count). The molecule has 10 heteroatoms. The van der Waals surface area contributed by atoms with Gasteiger partial charge in [0.15, 0.2) is 10.5 Å². The fraction of sp³-hybridized carbons (Fsp3) is 0.304. The Labute approximate surface area is 196 Å². The van der Waals surface area contributed by atoms with E-state index in [1.165, 1.54) is 0 Å². The number of nitrogens with one attached hydrogen (secondary N) is 4. The summed E-state index contributed by atoms with van der Waals surface area (Å²) in [7, 11) is 0. The van der Waals surface area contributed by atoms with Gasteiger partial charge in [-0.2, -0.15) is 0 Å². The van der Waals surface area contributed by atoms with E-state index in [9.17, 15) is 14.4 Å². The number of ether oxygens (including phenoxy) is 2. The van der Waals surface area contributed by atoms with Crippen molar-refractivity contribution in [1.29, 1.82) is 0 Å². The Hall–Kier alpha value is -3.66. The lowest BCUT2D eigenvalue weighted by Gasteiger charge is -2.49. The highest BCUT2D eigenvalue weighted by Gasteiger charge is 2.64. The summed E-state index contributed by atoms with van der Waals surface area (Å²) >= 11 is 5.49. The van der Waals surface area contributed by atoms with Gasteiger partial charge in [-0.05, 0) is 38.2 Å². The third kappa shape index (κ3) is 3.76. The summed E-state index contributed by atoms with van der Waals surface area (Å²) in [6, 6.07) is 11.4. The van der Waals surface area contributed by atoms with Crippen molar-refractivity contribution >= 4 is 35.2 Å². The molecule has 2 aliphatic heterocycles. The van der Waals surface area contributed by atoms with Crippen LogP contribution in [-0.2, 0) is 9.59 Å². The van der Waals surface area contributed by atoms with Gasteiger partial charge in [0.2, 0.25) is 11.8 Å². The molecular formula is C23H24N4O5S. The Morgan fingerprint density at radius 1 is 0.788 bits per heavy atom. The molecule has 2 fully saturated rings. The first-order valence-corrected chi connectivity index (χ1v) is 11.0. The van der Waals surface area contributed by atoms with E-state index in [-0.39, 0.29) is 5.11 Å². The fourth-order valence-electron chi connectivity index (χ4n) is 4.43. The van der Waals surface area contributed by atoms with Crippen LogP contribution in [0.15, 0.2) is 48.5 Å². The minimum absolute atomic E-state index is 0.241. The lowest BCUT2D eigenvalue weighted by atomic mass is 9.65. The third-order valence-electron chi connectivity index (χ3n) is 5.73. The SMILES string of the molecule is CCOc1ccccc1[C@H]1NC(=S)N[C@@H](c2ccccc2OCC)C12C(=O)NC(=O)NC2=O. The number of hydrogen-bond acceptors (Lipinski definition) is 6. The second-order valence-electron chi connectivity index (χ2n) is 7.53. The number of urea groups is 1. The second-order valence-corrected chi connectivity index (χ2v) is 7.94. The molecule has 0 bridgehead atoms. The van der Waals surface area contributed by atoms with Gasteiger partial charge in [0.1, 0.15) is 11.5 Å². The summed E-state index contributed by atoms with van der Waals surface area (Å²) < 4.78 is 11.6. The zero-order valence-electron chi connectivity index (χ0n) is 18.1. The van der Waals surface area contributed by atoms with Crippen LogP contribution in [0, 0.1) is 5.41 Å². The van der Waals surface area contributed by atoms with Crippen molar-refractivity contribution in [3.05, 3.63) is 59.7 Å². The van der Waals surface area contributed by atoms with Crippen LogP contribution < -0.4 is 30.7 Å². The minimum Gasteiger partial charge on any atom is -0.494 e. The highest BCUT2D eigenvalue weighted by atomic mass is 32.1. The van der Waals surface area contributed by atoms with E-state index < -0.39 is 35.3 Å². The predicted molar refractivity (Wildman–Crippen MR) is 124 cm³/mol. The zero-order chi connectivity index (χ0) is 23.6. The summed E-state index contributed by atoms with van der Waals surface area (Å²) in [5.41, 5.74) is -0.722. The van der Waals surface area contributed by atoms with Crippen molar-refractivity contribution in [2.45, 2.75) is 25.9 Å². The number of benzene rings is 2. The van der Waals surface area contributed by atoms with Gasteiger partial charge >= 0.3 is 6.03 Å². The van der Waals surface area contributed by atoms with Gasteiger partial charge in [-0.3, -0.25) is 20.2 Å². The topological polar surface area (TPSA) is 118 Å². The van der Waals surface area contributed by atoms with Crippen molar-refractivity contribution < 1.29 is 23.9 Å². The fourth-order valence-corrected chi connectivity index (χ4v) is 4.66. The maximum absolute atomic E-state index is 13.6. The number of amides is 4. The molecule has 9 nitrogen and oxygen atoms in total. The minimum atomic E-state index is -1.84. The van der Waals surface area contributed by atoms with Gasteiger partial charge < -0.3 is 20.1 Å². The normalized spacial score (nSPS) is 21.5. The monoisotopic (exact) mass is 468 g/mol. The van der Waals surface area contributed by atoms with Gasteiger partial charge in [-0.15, -0.1) is 0 Å². The summed E-state index contributed by atoms with van der Waals surface area (Å²) in [6.07, 6.45) is 0. The molecular weight excluding hydrogens is 444 g/mol. The zero-order valence-corrected chi connectivity index (χ0v) is 19.0. The van der Waals surface area contributed by atoms with Gasteiger partial charge in [0.05, 0.1) is 25.3 Å². The molecule has 4 N–H and O–H groups in total. The van der Waals surface area contributed by atoms with Crippen LogP contribution in [0.1, 0.15) is 37.1 Å².